The van der Waals surface area contributed by atoms with Crippen molar-refractivity contribution in [2.75, 3.05) is 33.4 Å². The Balaban J connectivity index is 1.34. The van der Waals surface area contributed by atoms with Crippen LogP contribution in [0.3, 0.4) is 0 Å². The molecule has 14 nitrogen and oxygen atoms in total. The number of aromatic hydroxyl groups is 1. The molecule has 4 N–H and O–H groups in total. The average Bonchev–Trinajstić information content (AvgIpc) is 3.78. The normalized spacial score (nSPS) is 15.8. The Morgan fingerprint density at radius 3 is 2.48 bits per heavy atom. The molecule has 6 rings (SSSR count). The lowest BCUT2D eigenvalue weighted by atomic mass is 10.0. The summed E-state index contributed by atoms with van der Waals surface area (Å²) in [4.78, 5) is 47.0. The number of nitrogens with zero attached hydrogens (tertiary/aromatic N) is 5. The third-order valence-corrected chi connectivity index (χ3v) is 8.24. The van der Waals surface area contributed by atoms with Gasteiger partial charge in [0.2, 0.25) is 5.91 Å². The van der Waals surface area contributed by atoms with E-state index >= 15 is 0 Å². The minimum absolute atomic E-state index is 0.0196. The van der Waals surface area contributed by atoms with Crippen LogP contribution < -0.4 is 20.1 Å². The number of carbonyl (C=O) groups excluding carboxylic acids is 3. The summed E-state index contributed by atoms with van der Waals surface area (Å²) in [5.74, 6) is 0.565. The fourth-order valence-electron chi connectivity index (χ4n) is 5.59. The standard InChI is InChI=1S/C36H38N8O6/c1-22(2)32-34-39-33(24-7-5-4-6-8-24)42-44(34)17-18-50-30-19-25(11-14-29(30)49-3)35(47)37-15-16-43(21-31(46)38-32)36(48)28-20-27(40-41-28)23-9-12-26(45)13-10-23/h4-14,19-20,22,32,45H,15-18,21H2,1-3H3,(H,37,47)(H,38,46)(H,40,41)/t32-/m1/s1. The first-order valence-electron chi connectivity index (χ1n) is 16.2. The summed E-state index contributed by atoms with van der Waals surface area (Å²) < 4.78 is 13.3. The fraction of sp³-hybridized carbons (Fsp3) is 0.278. The number of methoxy groups -OCH3 is 1. The number of hydrogen-bond donors (Lipinski definition) is 4. The van der Waals surface area contributed by atoms with Gasteiger partial charge in [-0.25, -0.2) is 9.67 Å². The van der Waals surface area contributed by atoms with Gasteiger partial charge in [-0.15, -0.1) is 0 Å². The van der Waals surface area contributed by atoms with Gasteiger partial charge in [0, 0.05) is 29.8 Å². The highest BCUT2D eigenvalue weighted by molar-refractivity contribution is 5.96. The Morgan fingerprint density at radius 2 is 1.74 bits per heavy atom. The molecule has 3 amide bonds. The molecule has 0 unspecified atom stereocenters. The average molecular weight is 679 g/mol. The number of phenolic OH excluding ortho intramolecular Hbond substituents is 1. The van der Waals surface area contributed by atoms with Gasteiger partial charge in [0.25, 0.3) is 11.8 Å². The van der Waals surface area contributed by atoms with Crippen molar-refractivity contribution in [3.8, 4) is 39.9 Å². The molecule has 2 bridgehead atoms. The van der Waals surface area contributed by atoms with E-state index in [-0.39, 0.29) is 56.1 Å². The number of H-pyrrole nitrogens is 1. The summed E-state index contributed by atoms with van der Waals surface area (Å²) in [7, 11) is 1.52. The molecule has 5 aromatic rings. The van der Waals surface area contributed by atoms with Crippen LogP contribution in [-0.2, 0) is 11.3 Å². The molecule has 0 saturated heterocycles. The van der Waals surface area contributed by atoms with Crippen LogP contribution in [0.15, 0.2) is 78.9 Å². The van der Waals surface area contributed by atoms with E-state index in [9.17, 15) is 19.5 Å². The Kier molecular flexibility index (Phi) is 10.1. The van der Waals surface area contributed by atoms with E-state index in [0.29, 0.717) is 40.0 Å². The summed E-state index contributed by atoms with van der Waals surface area (Å²) in [5.41, 5.74) is 2.48. The Morgan fingerprint density at radius 1 is 0.980 bits per heavy atom. The van der Waals surface area contributed by atoms with Gasteiger partial charge >= 0.3 is 0 Å². The molecule has 1 aliphatic heterocycles. The third-order valence-electron chi connectivity index (χ3n) is 8.24. The van der Waals surface area contributed by atoms with Gasteiger partial charge in [-0.2, -0.15) is 10.2 Å². The first-order chi connectivity index (χ1) is 24.2. The maximum atomic E-state index is 13.9. The lowest BCUT2D eigenvalue weighted by molar-refractivity contribution is -0.123. The molecular formula is C36H38N8O6. The maximum absolute atomic E-state index is 13.9. The topological polar surface area (TPSA) is 177 Å². The molecule has 0 fully saturated rings. The smallest absolute Gasteiger partial charge is 0.272 e. The molecule has 0 saturated carbocycles. The molecule has 1 atom stereocenters. The first kappa shape index (κ1) is 33.7. The minimum atomic E-state index is -0.564. The molecule has 3 heterocycles. The van der Waals surface area contributed by atoms with Crippen LogP contribution in [0.25, 0.3) is 22.6 Å². The predicted octanol–water partition coefficient (Wildman–Crippen LogP) is 3.83. The van der Waals surface area contributed by atoms with Crippen molar-refractivity contribution in [3.05, 3.63) is 95.9 Å². The summed E-state index contributed by atoms with van der Waals surface area (Å²) >= 11 is 0. The Labute approximate surface area is 288 Å². The zero-order valence-corrected chi connectivity index (χ0v) is 27.9. The fourth-order valence-corrected chi connectivity index (χ4v) is 5.59. The summed E-state index contributed by atoms with van der Waals surface area (Å²) in [6.45, 7) is 4.16. The number of ether oxygens (including phenoxy) is 2. The second kappa shape index (κ2) is 14.9. The number of phenols is 1. The van der Waals surface area contributed by atoms with Crippen LogP contribution in [0.5, 0.6) is 17.2 Å². The summed E-state index contributed by atoms with van der Waals surface area (Å²) in [6.07, 6.45) is 0. The van der Waals surface area contributed by atoms with Gasteiger partial charge in [0.1, 0.15) is 18.1 Å². The largest absolute Gasteiger partial charge is 0.508 e. The van der Waals surface area contributed by atoms with E-state index in [2.05, 4.69) is 20.8 Å². The van der Waals surface area contributed by atoms with E-state index in [0.717, 1.165) is 5.56 Å². The van der Waals surface area contributed by atoms with E-state index in [1.165, 1.54) is 24.1 Å². The van der Waals surface area contributed by atoms with E-state index in [1.807, 2.05) is 44.2 Å². The van der Waals surface area contributed by atoms with Crippen LogP contribution in [0, 0.1) is 5.92 Å². The molecule has 2 aromatic heterocycles. The van der Waals surface area contributed by atoms with Crippen LogP contribution in [0.4, 0.5) is 0 Å². The number of fused-ring (bicyclic) bond motifs is 3. The van der Waals surface area contributed by atoms with Crippen LogP contribution in [-0.4, -0.2) is 86.0 Å². The van der Waals surface area contributed by atoms with Crippen molar-refractivity contribution in [2.24, 2.45) is 5.92 Å². The van der Waals surface area contributed by atoms with Crippen molar-refractivity contribution >= 4 is 17.7 Å². The predicted molar refractivity (Wildman–Crippen MR) is 184 cm³/mol. The second-order valence-corrected chi connectivity index (χ2v) is 12.1. The third kappa shape index (κ3) is 7.59. The van der Waals surface area contributed by atoms with Gasteiger partial charge < -0.3 is 30.1 Å². The zero-order chi connectivity index (χ0) is 35.2. The maximum Gasteiger partial charge on any atom is 0.272 e. The molecule has 258 valence electrons. The molecule has 0 aliphatic carbocycles. The number of aromatic amines is 1. The van der Waals surface area contributed by atoms with Gasteiger partial charge in [-0.1, -0.05) is 44.2 Å². The van der Waals surface area contributed by atoms with E-state index in [4.69, 9.17) is 19.6 Å². The molecule has 14 heteroatoms. The molecule has 0 radical (unpaired) electrons. The van der Waals surface area contributed by atoms with Gasteiger partial charge in [0.15, 0.2) is 23.1 Å². The Bertz CT molecular complexity index is 1970. The number of rotatable bonds is 5. The van der Waals surface area contributed by atoms with Crippen LogP contribution in [0.1, 0.15) is 46.6 Å². The highest BCUT2D eigenvalue weighted by Gasteiger charge is 2.28. The van der Waals surface area contributed by atoms with Gasteiger partial charge in [-0.3, -0.25) is 19.5 Å². The van der Waals surface area contributed by atoms with Crippen LogP contribution in [0.2, 0.25) is 0 Å². The van der Waals surface area contributed by atoms with Crippen molar-refractivity contribution in [1.29, 1.82) is 0 Å². The van der Waals surface area contributed by atoms with Gasteiger partial charge in [-0.05, 0) is 54.4 Å². The number of benzene rings is 3. The number of hydrogen-bond acceptors (Lipinski definition) is 9. The number of amides is 3. The SMILES string of the molecule is COc1ccc2cc1OCCn1nc(-c3ccccc3)nc1[C@@H](C(C)C)NC(=O)CN(C(=O)c1cc(-c3ccc(O)cc3)n[nH]1)CCNC2=O. The van der Waals surface area contributed by atoms with Crippen molar-refractivity contribution in [2.45, 2.75) is 26.4 Å². The Hall–Kier alpha value is -6.18. The van der Waals surface area contributed by atoms with Gasteiger partial charge in [0.05, 0.1) is 31.9 Å². The summed E-state index contributed by atoms with van der Waals surface area (Å²) in [6, 6.07) is 21.8. The monoisotopic (exact) mass is 678 g/mol. The number of aromatic nitrogens is 5. The molecule has 0 spiro atoms. The zero-order valence-electron chi connectivity index (χ0n) is 27.9. The van der Waals surface area contributed by atoms with Crippen molar-refractivity contribution in [1.82, 2.24) is 40.5 Å². The second-order valence-electron chi connectivity index (χ2n) is 12.1. The first-order valence-corrected chi connectivity index (χ1v) is 16.2. The highest BCUT2D eigenvalue weighted by atomic mass is 16.5. The number of nitrogens with one attached hydrogen (secondary N) is 3. The summed E-state index contributed by atoms with van der Waals surface area (Å²) in [5, 5.41) is 27.4. The quantitative estimate of drug-likeness (QED) is 0.215. The lowest BCUT2D eigenvalue weighted by Crippen LogP contribution is -2.46. The van der Waals surface area contributed by atoms with E-state index < -0.39 is 17.9 Å². The molecule has 3 aromatic carbocycles. The minimum Gasteiger partial charge on any atom is -0.508 e. The van der Waals surface area contributed by atoms with Crippen molar-refractivity contribution < 1.29 is 29.0 Å². The molecule has 1 aliphatic rings. The lowest BCUT2D eigenvalue weighted by Gasteiger charge is -2.26. The van der Waals surface area contributed by atoms with Crippen molar-refractivity contribution in [3.63, 3.8) is 0 Å². The molecular weight excluding hydrogens is 640 g/mol. The number of carbonyl (C=O) groups is 3. The highest BCUT2D eigenvalue weighted by Crippen LogP contribution is 2.29. The molecule has 50 heavy (non-hydrogen) atoms. The van der Waals surface area contributed by atoms with Crippen LogP contribution >= 0.6 is 0 Å². The van der Waals surface area contributed by atoms with E-state index in [1.54, 1.807) is 41.1 Å².